The van der Waals surface area contributed by atoms with Crippen LogP contribution in [0.4, 0.5) is 10.2 Å². The number of ketones is 1. The van der Waals surface area contributed by atoms with Crippen molar-refractivity contribution in [2.24, 2.45) is 5.10 Å². The molecule has 3 rings (SSSR count). The molecule has 0 saturated carbocycles. The van der Waals surface area contributed by atoms with E-state index in [1.54, 1.807) is 38.5 Å². The van der Waals surface area contributed by atoms with E-state index in [1.165, 1.54) is 0 Å². The Morgan fingerprint density at radius 2 is 1.48 bits per heavy atom. The average Bonchev–Trinajstić information content (AvgIpc) is 3.48. The zero-order valence-corrected chi connectivity index (χ0v) is 30.6. The van der Waals surface area contributed by atoms with Crippen LogP contribution in [0.2, 0.25) is 0 Å². The number of nitrogens with zero attached hydrogens (tertiary/aromatic N) is 1. The van der Waals surface area contributed by atoms with Gasteiger partial charge in [0.25, 0.3) is 0 Å². The van der Waals surface area contributed by atoms with E-state index in [-0.39, 0.29) is 43.5 Å². The van der Waals surface area contributed by atoms with Crippen molar-refractivity contribution in [3.63, 3.8) is 0 Å². The Morgan fingerprint density at radius 1 is 0.778 bits per heavy atom. The van der Waals surface area contributed by atoms with Gasteiger partial charge in [-0.25, -0.2) is 5.53 Å². The van der Waals surface area contributed by atoms with Gasteiger partial charge in [-0.1, -0.05) is 29.9 Å². The minimum Gasteiger partial charge on any atom is -0.598 e. The molecular weight excluding hydrogens is 711 g/mol. The van der Waals surface area contributed by atoms with Crippen molar-refractivity contribution in [2.75, 3.05) is 72.3 Å². The van der Waals surface area contributed by atoms with Gasteiger partial charge in [0.2, 0.25) is 11.8 Å². The number of methoxy groups -OCH3 is 2. The molecule has 9 N–H and O–H groups in total. The van der Waals surface area contributed by atoms with Gasteiger partial charge in [-0.05, 0) is 60.1 Å². The van der Waals surface area contributed by atoms with Crippen molar-refractivity contribution in [2.45, 2.75) is 50.9 Å². The number of hydrazine groups is 6. The molecule has 0 saturated heterocycles. The maximum atomic E-state index is 13.5. The highest BCUT2D eigenvalue weighted by Gasteiger charge is 2.31. The van der Waals surface area contributed by atoms with E-state index in [4.69, 9.17) is 23.7 Å². The summed E-state index contributed by atoms with van der Waals surface area (Å²) in [7, 11) is 3.26. The summed E-state index contributed by atoms with van der Waals surface area (Å²) in [4.78, 5) is 38.6. The van der Waals surface area contributed by atoms with Gasteiger partial charge in [0.1, 0.15) is 0 Å². The molecule has 0 aromatic heterocycles. The van der Waals surface area contributed by atoms with Crippen LogP contribution in [0.3, 0.4) is 0 Å². The van der Waals surface area contributed by atoms with E-state index >= 15 is 0 Å². The van der Waals surface area contributed by atoms with Gasteiger partial charge in [-0.2, -0.15) is 22.1 Å². The predicted molar refractivity (Wildman–Crippen MR) is 194 cm³/mol. The number of ether oxygens (including phenoxy) is 5. The molecule has 19 nitrogen and oxygen atoms in total. The molecule has 0 radical (unpaired) electrons. The first-order chi connectivity index (χ1) is 26.4. The molecule has 1 aliphatic carbocycles. The van der Waals surface area contributed by atoms with E-state index in [2.05, 4.69) is 43.4 Å². The molecule has 2 amide bonds. The quantitative estimate of drug-likeness (QED) is 0.0129. The summed E-state index contributed by atoms with van der Waals surface area (Å²) in [5.74, 6) is -0.963. The van der Waals surface area contributed by atoms with Crippen molar-refractivity contribution in [3.8, 4) is 11.1 Å². The second kappa shape index (κ2) is 26.4. The minimum absolute atomic E-state index is 0.0506. The summed E-state index contributed by atoms with van der Waals surface area (Å²) in [6.45, 7) is 3.43. The number of anilines is 1. The first-order valence-corrected chi connectivity index (χ1v) is 17.6. The molecule has 0 aliphatic heterocycles. The maximum Gasteiger partial charge on any atom is 0.224 e. The number of amides is 2. The van der Waals surface area contributed by atoms with E-state index in [0.29, 0.717) is 70.3 Å². The Bertz CT molecular complexity index is 1470. The van der Waals surface area contributed by atoms with Gasteiger partial charge < -0.3 is 39.4 Å². The van der Waals surface area contributed by atoms with Crippen LogP contribution in [0.5, 0.6) is 0 Å². The van der Waals surface area contributed by atoms with Crippen molar-refractivity contribution in [3.05, 3.63) is 53.1 Å². The highest BCUT2D eigenvalue weighted by molar-refractivity contribution is 6.05. The Hall–Kier alpha value is -4.35. The fourth-order valence-corrected chi connectivity index (χ4v) is 5.57. The number of halogens is 1. The number of carbonyl (C=O) groups excluding carboxylic acids is 3. The Kier molecular flexibility index (Phi) is 21.6. The number of benzene rings is 2. The third kappa shape index (κ3) is 15.9. The SMILES string of the molecule is COCCCOCCCC(=O)c1cccc2c1-c1ccc(NC(=O)CCCC(=O)NCCOCCCOC)cc1C2COC([O-])=NNNNNNNNF. The Balaban J connectivity index is 1.64. The van der Waals surface area contributed by atoms with Crippen LogP contribution in [-0.2, 0) is 33.3 Å². The topological polar surface area (TPSA) is 241 Å². The zero-order valence-electron chi connectivity index (χ0n) is 30.6. The molecule has 0 fully saturated rings. The molecule has 2 aromatic carbocycles. The van der Waals surface area contributed by atoms with Gasteiger partial charge in [0, 0.05) is 96.8 Å². The standard InChI is InChI=1S/C34H53FN10O9/c1-50-16-6-19-52-18-5-10-30(46)27-9-3-8-25-29(23-54-34(49)38-40-42-44-45-43-41-39-35)28-22-24(13-14-26(28)33(25)27)37-32(48)12-4-11-31(47)36-15-21-53-20-7-17-51-2/h3,8-9,13-14,22,29,39-45H,4-7,10-12,15-21,23H2,1-2H3,(H,36,47)(H,37,48)(H,38,49)/p-1. The van der Waals surface area contributed by atoms with Gasteiger partial charge in [-0.3, -0.25) is 14.4 Å². The van der Waals surface area contributed by atoms with Crippen LogP contribution in [-0.4, -0.2) is 90.7 Å². The molecule has 20 heteroatoms. The second-order valence-corrected chi connectivity index (χ2v) is 11.8. The van der Waals surface area contributed by atoms with Crippen molar-refractivity contribution >= 4 is 29.4 Å². The molecular formula is C34H52FN10O9-. The highest BCUT2D eigenvalue weighted by atomic mass is 19.2. The lowest BCUT2D eigenvalue weighted by Gasteiger charge is -2.21. The van der Waals surface area contributed by atoms with Gasteiger partial charge in [0.05, 0.1) is 6.61 Å². The number of Topliss-reactive ketones (excluding diaryl/α,β-unsaturated/α-hetero) is 1. The van der Waals surface area contributed by atoms with E-state index in [0.717, 1.165) is 40.7 Å². The number of rotatable bonds is 30. The molecule has 1 atom stereocenters. The van der Waals surface area contributed by atoms with E-state index < -0.39 is 12.0 Å². The van der Waals surface area contributed by atoms with Crippen LogP contribution >= 0.6 is 0 Å². The predicted octanol–water partition coefficient (Wildman–Crippen LogP) is 0.243. The molecule has 2 aromatic rings. The lowest BCUT2D eigenvalue weighted by atomic mass is 9.93. The minimum atomic E-state index is -0.948. The fraction of sp³-hybridized carbons (Fsp3) is 0.529. The number of hydrogen-bond donors (Lipinski definition) is 9. The summed E-state index contributed by atoms with van der Waals surface area (Å²) in [5, 5.41) is 21.7. The fourth-order valence-electron chi connectivity index (χ4n) is 5.57. The molecule has 0 bridgehead atoms. The molecule has 0 spiro atoms. The van der Waals surface area contributed by atoms with Crippen LogP contribution in [0.25, 0.3) is 11.1 Å². The first-order valence-electron chi connectivity index (χ1n) is 17.6. The van der Waals surface area contributed by atoms with E-state index in [1.807, 2.05) is 17.7 Å². The lowest BCUT2D eigenvalue weighted by molar-refractivity contribution is -0.251. The van der Waals surface area contributed by atoms with Crippen LogP contribution in [0, 0.1) is 0 Å². The Labute approximate surface area is 313 Å². The van der Waals surface area contributed by atoms with Gasteiger partial charge >= 0.3 is 0 Å². The Morgan fingerprint density at radius 3 is 2.24 bits per heavy atom. The molecule has 0 heterocycles. The smallest absolute Gasteiger partial charge is 0.224 e. The van der Waals surface area contributed by atoms with E-state index in [9.17, 15) is 24.0 Å². The van der Waals surface area contributed by atoms with Gasteiger partial charge in [-0.15, -0.1) is 15.1 Å². The summed E-state index contributed by atoms with van der Waals surface area (Å²) in [6, 6.07) is 10.8. The third-order valence-corrected chi connectivity index (χ3v) is 7.97. The van der Waals surface area contributed by atoms with Crippen LogP contribution in [0.1, 0.15) is 72.3 Å². The number of hydrazone groups is 1. The van der Waals surface area contributed by atoms with Crippen molar-refractivity contribution in [1.29, 1.82) is 0 Å². The van der Waals surface area contributed by atoms with Crippen LogP contribution < -0.4 is 54.6 Å². The summed E-state index contributed by atoms with van der Waals surface area (Å²) >= 11 is 0. The molecule has 54 heavy (non-hydrogen) atoms. The zero-order chi connectivity index (χ0) is 38.8. The maximum absolute atomic E-state index is 13.5. The molecule has 1 unspecified atom stereocenters. The second-order valence-electron chi connectivity index (χ2n) is 11.8. The number of hydrogen-bond acceptors (Lipinski definition) is 17. The van der Waals surface area contributed by atoms with Crippen molar-refractivity contribution in [1.82, 2.24) is 44.2 Å². The number of nitrogens with one attached hydrogen (secondary N) is 9. The molecule has 1 aliphatic rings. The highest BCUT2D eigenvalue weighted by Crippen LogP contribution is 2.47. The monoisotopic (exact) mass is 763 g/mol. The average molecular weight is 764 g/mol. The normalized spacial score (nSPS) is 13.3. The largest absolute Gasteiger partial charge is 0.598 e. The summed E-state index contributed by atoms with van der Waals surface area (Å²) in [6.07, 6.45) is 2.10. The molecule has 300 valence electrons. The first kappa shape index (κ1) is 44.0. The van der Waals surface area contributed by atoms with Gasteiger partial charge in [0.15, 0.2) is 11.9 Å². The third-order valence-electron chi connectivity index (χ3n) is 7.97. The number of carbonyl (C=O) groups is 3. The number of fused-ring (bicyclic) bond motifs is 3. The lowest BCUT2D eigenvalue weighted by Crippen LogP contribution is -2.59. The summed E-state index contributed by atoms with van der Waals surface area (Å²) < 4.78 is 38.3. The van der Waals surface area contributed by atoms with Crippen molar-refractivity contribution < 1.29 is 47.7 Å². The summed E-state index contributed by atoms with van der Waals surface area (Å²) in [5.41, 5.74) is 18.3. The van der Waals surface area contributed by atoms with Crippen LogP contribution in [0.15, 0.2) is 41.5 Å².